The molecule has 0 spiro atoms. The molecule has 5 nitrogen and oxygen atoms in total. The number of aromatic amines is 2. The zero-order valence-corrected chi connectivity index (χ0v) is 9.92. The normalized spacial score (nSPS) is 11.4. The summed E-state index contributed by atoms with van der Waals surface area (Å²) in [4.78, 5) is 15.4. The zero-order valence-electron chi connectivity index (χ0n) is 9.92. The maximum absolute atomic E-state index is 12.1. The number of rotatable bonds is 1. The van der Waals surface area contributed by atoms with Crippen LogP contribution in [0.3, 0.4) is 0 Å². The molecule has 0 atom stereocenters. The van der Waals surface area contributed by atoms with E-state index >= 15 is 0 Å². The first-order chi connectivity index (χ1) is 9.34. The molecular weight excluding hydrogens is 240 g/mol. The van der Waals surface area contributed by atoms with Gasteiger partial charge in [0.1, 0.15) is 11.5 Å². The van der Waals surface area contributed by atoms with Crippen molar-refractivity contribution >= 4 is 21.9 Å². The fourth-order valence-electron chi connectivity index (χ4n) is 2.45. The number of hydrogen-bond donors (Lipinski definition) is 2. The third-order valence-electron chi connectivity index (χ3n) is 3.29. The fraction of sp³-hybridized carbons (Fsp3) is 0. The second-order valence-electron chi connectivity index (χ2n) is 4.38. The highest BCUT2D eigenvalue weighted by Crippen LogP contribution is 2.24. The van der Waals surface area contributed by atoms with E-state index in [2.05, 4.69) is 15.2 Å². The molecule has 0 radical (unpaired) electrons. The second-order valence-corrected chi connectivity index (χ2v) is 4.38. The minimum absolute atomic E-state index is 0.0942. The molecule has 92 valence electrons. The van der Waals surface area contributed by atoms with Gasteiger partial charge in [-0.3, -0.25) is 9.89 Å². The van der Waals surface area contributed by atoms with E-state index in [1.807, 2.05) is 30.3 Å². The maximum atomic E-state index is 12.1. The molecule has 5 heteroatoms. The Bertz CT molecular complexity index is 931. The summed E-state index contributed by atoms with van der Waals surface area (Å²) >= 11 is 0. The lowest BCUT2D eigenvalue weighted by molar-refractivity contribution is 0.941. The molecule has 19 heavy (non-hydrogen) atoms. The molecule has 4 rings (SSSR count). The van der Waals surface area contributed by atoms with E-state index in [4.69, 9.17) is 0 Å². The van der Waals surface area contributed by atoms with Crippen molar-refractivity contribution in [3.8, 4) is 5.82 Å². The number of nitrogens with one attached hydrogen (secondary N) is 2. The monoisotopic (exact) mass is 250 g/mol. The van der Waals surface area contributed by atoms with Gasteiger partial charge in [-0.05, 0) is 12.1 Å². The minimum atomic E-state index is -0.0942. The van der Waals surface area contributed by atoms with Crippen LogP contribution in [0.15, 0.2) is 53.5 Å². The van der Waals surface area contributed by atoms with Gasteiger partial charge in [-0.25, -0.2) is 4.57 Å². The minimum Gasteiger partial charge on any atom is -0.340 e. The molecule has 0 amide bonds. The van der Waals surface area contributed by atoms with Crippen molar-refractivity contribution in [2.45, 2.75) is 0 Å². The van der Waals surface area contributed by atoms with Gasteiger partial charge in [0.25, 0.3) is 5.56 Å². The molecule has 3 heterocycles. The van der Waals surface area contributed by atoms with Crippen LogP contribution in [0.4, 0.5) is 0 Å². The first-order valence-electron chi connectivity index (χ1n) is 5.97. The number of hydrogen-bond acceptors (Lipinski definition) is 2. The molecule has 0 unspecified atom stereocenters. The summed E-state index contributed by atoms with van der Waals surface area (Å²) in [6.07, 6.45) is 1.63. The molecule has 0 aliphatic carbocycles. The Labute approximate surface area is 107 Å². The zero-order chi connectivity index (χ0) is 12.8. The predicted molar refractivity (Wildman–Crippen MR) is 73.5 cm³/mol. The van der Waals surface area contributed by atoms with Crippen LogP contribution >= 0.6 is 0 Å². The van der Waals surface area contributed by atoms with Crippen molar-refractivity contribution in [1.29, 1.82) is 0 Å². The van der Waals surface area contributed by atoms with Gasteiger partial charge in [0.15, 0.2) is 0 Å². The summed E-state index contributed by atoms with van der Waals surface area (Å²) in [5.74, 6) is 0.655. The lowest BCUT2D eigenvalue weighted by atomic mass is 10.2. The second kappa shape index (κ2) is 3.58. The maximum Gasteiger partial charge on any atom is 0.257 e. The number of para-hydroxylation sites is 1. The molecule has 2 N–H and O–H groups in total. The summed E-state index contributed by atoms with van der Waals surface area (Å²) in [6, 6.07) is 13.2. The number of aromatic nitrogens is 4. The Morgan fingerprint density at radius 1 is 1.00 bits per heavy atom. The quantitative estimate of drug-likeness (QED) is 0.544. The Morgan fingerprint density at radius 3 is 2.74 bits per heavy atom. The summed E-state index contributed by atoms with van der Waals surface area (Å²) in [5, 5.41) is 8.85. The van der Waals surface area contributed by atoms with Gasteiger partial charge < -0.3 is 4.98 Å². The Morgan fingerprint density at radius 2 is 1.89 bits per heavy atom. The molecule has 4 aromatic rings. The number of fused-ring (bicyclic) bond motifs is 3. The highest BCUT2D eigenvalue weighted by Gasteiger charge is 2.10. The van der Waals surface area contributed by atoms with Gasteiger partial charge in [0, 0.05) is 28.4 Å². The van der Waals surface area contributed by atoms with Crippen molar-refractivity contribution in [3.63, 3.8) is 0 Å². The van der Waals surface area contributed by atoms with Crippen LogP contribution in [-0.2, 0) is 0 Å². The van der Waals surface area contributed by atoms with Gasteiger partial charge in [0.05, 0.1) is 6.20 Å². The molecule has 1 aromatic carbocycles. The summed E-state index contributed by atoms with van der Waals surface area (Å²) in [7, 11) is 0. The van der Waals surface area contributed by atoms with E-state index in [0.717, 1.165) is 21.9 Å². The summed E-state index contributed by atoms with van der Waals surface area (Å²) in [5.41, 5.74) is 1.69. The van der Waals surface area contributed by atoms with Crippen LogP contribution in [0.1, 0.15) is 0 Å². The number of benzene rings is 1. The average Bonchev–Trinajstić information content (AvgIpc) is 3.05. The van der Waals surface area contributed by atoms with E-state index in [9.17, 15) is 4.79 Å². The molecule has 0 saturated heterocycles. The third-order valence-corrected chi connectivity index (χ3v) is 3.29. The van der Waals surface area contributed by atoms with Gasteiger partial charge >= 0.3 is 0 Å². The highest BCUT2D eigenvalue weighted by atomic mass is 16.1. The Kier molecular flexibility index (Phi) is 1.91. The SMILES string of the molecule is O=c1ccc2c3ccccc3[nH]c2n1-c1ccn[nH]1. The molecular formula is C14H10N4O. The van der Waals surface area contributed by atoms with Crippen LogP contribution in [0.5, 0.6) is 0 Å². The van der Waals surface area contributed by atoms with E-state index in [1.165, 1.54) is 0 Å². The molecule has 3 aromatic heterocycles. The highest BCUT2D eigenvalue weighted by molar-refractivity contribution is 6.06. The van der Waals surface area contributed by atoms with Crippen LogP contribution in [-0.4, -0.2) is 19.7 Å². The summed E-state index contributed by atoms with van der Waals surface area (Å²) in [6.45, 7) is 0. The van der Waals surface area contributed by atoms with Crippen molar-refractivity contribution in [1.82, 2.24) is 19.7 Å². The third kappa shape index (κ3) is 1.35. The van der Waals surface area contributed by atoms with Gasteiger partial charge in [-0.1, -0.05) is 18.2 Å². The Balaban J connectivity index is 2.23. The Hall–Kier alpha value is -2.82. The largest absolute Gasteiger partial charge is 0.340 e. The van der Waals surface area contributed by atoms with Crippen LogP contribution in [0, 0.1) is 0 Å². The van der Waals surface area contributed by atoms with Crippen molar-refractivity contribution in [2.24, 2.45) is 0 Å². The van der Waals surface area contributed by atoms with E-state index in [1.54, 1.807) is 22.9 Å². The topological polar surface area (TPSA) is 66.5 Å². The van der Waals surface area contributed by atoms with Crippen molar-refractivity contribution in [2.75, 3.05) is 0 Å². The number of nitrogens with zero attached hydrogens (tertiary/aromatic N) is 2. The first kappa shape index (κ1) is 10.1. The van der Waals surface area contributed by atoms with E-state index < -0.39 is 0 Å². The van der Waals surface area contributed by atoms with Crippen molar-refractivity contribution in [3.05, 3.63) is 59.0 Å². The molecule has 0 fully saturated rings. The first-order valence-corrected chi connectivity index (χ1v) is 5.97. The van der Waals surface area contributed by atoms with E-state index in [0.29, 0.717) is 5.82 Å². The number of H-pyrrole nitrogens is 2. The molecule has 0 aliphatic heterocycles. The average molecular weight is 250 g/mol. The predicted octanol–water partition coefficient (Wildman–Crippen LogP) is 2.20. The fourth-order valence-corrected chi connectivity index (χ4v) is 2.45. The molecule has 0 bridgehead atoms. The lowest BCUT2D eigenvalue weighted by Crippen LogP contribution is -2.17. The van der Waals surface area contributed by atoms with Gasteiger partial charge in [-0.15, -0.1) is 0 Å². The van der Waals surface area contributed by atoms with Gasteiger partial charge in [-0.2, -0.15) is 5.10 Å². The standard InChI is InChI=1S/C14H10N4O/c19-13-6-5-10-9-3-1-2-4-11(9)16-14(10)18(13)12-7-8-15-17-12/h1-8,16H,(H,15,17). The smallest absolute Gasteiger partial charge is 0.257 e. The number of pyridine rings is 1. The van der Waals surface area contributed by atoms with Crippen LogP contribution in [0.25, 0.3) is 27.8 Å². The lowest BCUT2D eigenvalue weighted by Gasteiger charge is -2.03. The van der Waals surface area contributed by atoms with Gasteiger partial charge in [0.2, 0.25) is 0 Å². The van der Waals surface area contributed by atoms with E-state index in [-0.39, 0.29) is 5.56 Å². The molecule has 0 saturated carbocycles. The van der Waals surface area contributed by atoms with Crippen molar-refractivity contribution < 1.29 is 0 Å². The van der Waals surface area contributed by atoms with Crippen LogP contribution < -0.4 is 5.56 Å². The summed E-state index contributed by atoms with van der Waals surface area (Å²) < 4.78 is 1.60. The van der Waals surface area contributed by atoms with Crippen LogP contribution in [0.2, 0.25) is 0 Å². The molecule has 0 aliphatic rings.